The van der Waals surface area contributed by atoms with Gasteiger partial charge in [0.2, 0.25) is 0 Å². The van der Waals surface area contributed by atoms with Crippen molar-refractivity contribution in [3.63, 3.8) is 0 Å². The van der Waals surface area contributed by atoms with E-state index in [1.54, 1.807) is 42.5 Å². The molecule has 0 aliphatic rings. The molecule has 0 aliphatic carbocycles. The second-order valence-corrected chi connectivity index (χ2v) is 5.67. The summed E-state index contributed by atoms with van der Waals surface area (Å²) in [6, 6.07) is 12.0. The number of halogens is 1. The minimum Gasteiger partial charge on any atom is -0.478 e. The lowest BCUT2D eigenvalue weighted by Gasteiger charge is -2.12. The van der Waals surface area contributed by atoms with E-state index in [-0.39, 0.29) is 5.56 Å². The standard InChI is InChI=1S/C15H13ClO3S/c1-2-20-13-5-3-4-12(14(13)15(17)18)19-11-8-6-10(16)7-9-11/h3-9H,2H2,1H3,(H,17,18). The first kappa shape index (κ1) is 14.8. The molecule has 2 aromatic rings. The van der Waals surface area contributed by atoms with Crippen molar-refractivity contribution >= 4 is 29.3 Å². The molecule has 0 amide bonds. The second kappa shape index (κ2) is 6.68. The summed E-state index contributed by atoms with van der Waals surface area (Å²) < 4.78 is 5.66. The zero-order valence-corrected chi connectivity index (χ0v) is 12.4. The maximum Gasteiger partial charge on any atom is 0.340 e. The number of benzene rings is 2. The third-order valence-corrected chi connectivity index (χ3v) is 3.74. The van der Waals surface area contributed by atoms with Crippen LogP contribution in [0.4, 0.5) is 0 Å². The van der Waals surface area contributed by atoms with Gasteiger partial charge in [-0.2, -0.15) is 0 Å². The lowest BCUT2D eigenvalue weighted by Crippen LogP contribution is -2.02. The highest BCUT2D eigenvalue weighted by Gasteiger charge is 2.17. The van der Waals surface area contributed by atoms with E-state index in [0.717, 1.165) is 5.75 Å². The second-order valence-electron chi connectivity index (χ2n) is 3.92. The molecule has 104 valence electrons. The quantitative estimate of drug-likeness (QED) is 0.794. The first-order valence-electron chi connectivity index (χ1n) is 6.04. The summed E-state index contributed by atoms with van der Waals surface area (Å²) in [4.78, 5) is 12.1. The molecule has 3 nitrogen and oxygen atoms in total. The molecule has 2 rings (SSSR count). The van der Waals surface area contributed by atoms with Gasteiger partial charge in [-0.3, -0.25) is 0 Å². The van der Waals surface area contributed by atoms with Gasteiger partial charge < -0.3 is 9.84 Å². The number of hydrogen-bond donors (Lipinski definition) is 1. The van der Waals surface area contributed by atoms with Gasteiger partial charge in [0.15, 0.2) is 0 Å². The van der Waals surface area contributed by atoms with Gasteiger partial charge >= 0.3 is 5.97 Å². The Bertz CT molecular complexity index is 611. The third-order valence-electron chi connectivity index (χ3n) is 2.54. The lowest BCUT2D eigenvalue weighted by atomic mass is 10.2. The smallest absolute Gasteiger partial charge is 0.340 e. The summed E-state index contributed by atoms with van der Waals surface area (Å²) >= 11 is 7.29. The Morgan fingerprint density at radius 1 is 1.25 bits per heavy atom. The molecule has 0 heterocycles. The molecule has 0 fully saturated rings. The third kappa shape index (κ3) is 3.46. The minimum atomic E-state index is -0.995. The predicted molar refractivity (Wildman–Crippen MR) is 81.3 cm³/mol. The largest absolute Gasteiger partial charge is 0.478 e. The van der Waals surface area contributed by atoms with Crippen molar-refractivity contribution in [3.05, 3.63) is 53.1 Å². The molecule has 20 heavy (non-hydrogen) atoms. The van der Waals surface area contributed by atoms with Gasteiger partial charge in [-0.05, 0) is 42.2 Å². The fourth-order valence-corrected chi connectivity index (χ4v) is 2.66. The number of carboxylic acids is 1. The van der Waals surface area contributed by atoms with Crippen LogP contribution in [0, 0.1) is 0 Å². The van der Waals surface area contributed by atoms with Gasteiger partial charge in [0.1, 0.15) is 17.1 Å². The Labute approximate surface area is 126 Å². The van der Waals surface area contributed by atoms with E-state index in [1.807, 2.05) is 6.92 Å². The van der Waals surface area contributed by atoms with E-state index in [9.17, 15) is 9.90 Å². The molecule has 1 N–H and O–H groups in total. The van der Waals surface area contributed by atoms with E-state index in [4.69, 9.17) is 16.3 Å². The molecule has 0 saturated carbocycles. The molecule has 0 radical (unpaired) electrons. The lowest BCUT2D eigenvalue weighted by molar-refractivity contribution is 0.0690. The molecule has 2 aromatic carbocycles. The van der Waals surface area contributed by atoms with Gasteiger partial charge in [-0.25, -0.2) is 4.79 Å². The van der Waals surface area contributed by atoms with Crippen molar-refractivity contribution in [1.29, 1.82) is 0 Å². The number of thioether (sulfide) groups is 1. The minimum absolute atomic E-state index is 0.189. The highest BCUT2D eigenvalue weighted by molar-refractivity contribution is 7.99. The average molecular weight is 309 g/mol. The van der Waals surface area contributed by atoms with Crippen LogP contribution >= 0.6 is 23.4 Å². The molecule has 0 aliphatic heterocycles. The van der Waals surface area contributed by atoms with Crippen LogP contribution in [0.1, 0.15) is 17.3 Å². The highest BCUT2D eigenvalue weighted by Crippen LogP contribution is 2.33. The molecular formula is C15H13ClO3S. The number of hydrogen-bond acceptors (Lipinski definition) is 3. The number of rotatable bonds is 5. The maximum atomic E-state index is 11.4. The summed E-state index contributed by atoms with van der Waals surface area (Å²) in [5, 5.41) is 9.98. The van der Waals surface area contributed by atoms with E-state index in [2.05, 4.69) is 0 Å². The van der Waals surface area contributed by atoms with E-state index >= 15 is 0 Å². The van der Waals surface area contributed by atoms with Crippen LogP contribution in [0.5, 0.6) is 11.5 Å². The fourth-order valence-electron chi connectivity index (χ4n) is 1.71. The number of carbonyl (C=O) groups is 1. The van der Waals surface area contributed by atoms with Gasteiger partial charge in [0.05, 0.1) is 0 Å². The fraction of sp³-hybridized carbons (Fsp3) is 0.133. The van der Waals surface area contributed by atoms with Crippen LogP contribution in [0.25, 0.3) is 0 Å². The van der Waals surface area contributed by atoms with Gasteiger partial charge in [-0.1, -0.05) is 24.6 Å². The van der Waals surface area contributed by atoms with Gasteiger partial charge in [0, 0.05) is 9.92 Å². The van der Waals surface area contributed by atoms with Crippen molar-refractivity contribution in [2.75, 3.05) is 5.75 Å². The predicted octanol–water partition coefficient (Wildman–Crippen LogP) is 4.94. The summed E-state index contributed by atoms with van der Waals surface area (Å²) in [7, 11) is 0. The van der Waals surface area contributed by atoms with Gasteiger partial charge in [-0.15, -0.1) is 11.8 Å². The van der Waals surface area contributed by atoms with E-state index < -0.39 is 5.97 Å². The Kier molecular flexibility index (Phi) is 4.93. The van der Waals surface area contributed by atoms with Crippen molar-refractivity contribution in [1.82, 2.24) is 0 Å². The SMILES string of the molecule is CCSc1cccc(Oc2ccc(Cl)cc2)c1C(=O)O. The zero-order chi connectivity index (χ0) is 14.5. The van der Waals surface area contributed by atoms with Crippen LogP contribution in [0.15, 0.2) is 47.4 Å². The summed E-state index contributed by atoms with van der Waals surface area (Å²) in [6.45, 7) is 1.98. The molecule has 0 unspecified atom stereocenters. The monoisotopic (exact) mass is 308 g/mol. The molecule has 0 bridgehead atoms. The van der Waals surface area contributed by atoms with Crippen LogP contribution in [0.3, 0.4) is 0 Å². The van der Waals surface area contributed by atoms with Crippen molar-refractivity contribution in [3.8, 4) is 11.5 Å². The Hall–Kier alpha value is -1.65. The van der Waals surface area contributed by atoms with E-state index in [1.165, 1.54) is 11.8 Å². The van der Waals surface area contributed by atoms with Crippen LogP contribution in [0.2, 0.25) is 5.02 Å². The maximum absolute atomic E-state index is 11.4. The van der Waals surface area contributed by atoms with Crippen LogP contribution < -0.4 is 4.74 Å². The normalized spacial score (nSPS) is 10.3. The first-order valence-corrected chi connectivity index (χ1v) is 7.40. The Balaban J connectivity index is 2.37. The van der Waals surface area contributed by atoms with E-state index in [0.29, 0.717) is 21.4 Å². The number of ether oxygens (including phenoxy) is 1. The van der Waals surface area contributed by atoms with Crippen LogP contribution in [-0.2, 0) is 0 Å². The first-order chi connectivity index (χ1) is 9.61. The molecular weight excluding hydrogens is 296 g/mol. The zero-order valence-electron chi connectivity index (χ0n) is 10.8. The molecule has 0 aromatic heterocycles. The molecule has 0 saturated heterocycles. The number of carboxylic acid groups (broad SMARTS) is 1. The highest BCUT2D eigenvalue weighted by atomic mass is 35.5. The van der Waals surface area contributed by atoms with Crippen molar-refractivity contribution in [2.45, 2.75) is 11.8 Å². The summed E-state index contributed by atoms with van der Waals surface area (Å²) in [5.41, 5.74) is 0.189. The number of aromatic carboxylic acids is 1. The van der Waals surface area contributed by atoms with Crippen molar-refractivity contribution in [2.24, 2.45) is 0 Å². The molecule has 0 atom stereocenters. The topological polar surface area (TPSA) is 46.5 Å². The summed E-state index contributed by atoms with van der Waals surface area (Å²) in [6.07, 6.45) is 0. The van der Waals surface area contributed by atoms with Gasteiger partial charge in [0.25, 0.3) is 0 Å². The summed E-state index contributed by atoms with van der Waals surface area (Å²) in [5.74, 6) is 0.685. The van der Waals surface area contributed by atoms with Crippen molar-refractivity contribution < 1.29 is 14.6 Å². The van der Waals surface area contributed by atoms with Crippen LogP contribution in [-0.4, -0.2) is 16.8 Å². The average Bonchev–Trinajstić information content (AvgIpc) is 2.41. The Morgan fingerprint density at radius 2 is 1.95 bits per heavy atom. The Morgan fingerprint density at radius 3 is 2.55 bits per heavy atom. The molecule has 0 spiro atoms. The molecule has 5 heteroatoms.